The number of nitrogens with zero attached hydrogens (tertiary/aromatic N) is 1. The van der Waals surface area contributed by atoms with Crippen LogP contribution >= 0.6 is 11.6 Å². The molecule has 0 aliphatic rings. The van der Waals surface area contributed by atoms with Crippen LogP contribution in [0.3, 0.4) is 0 Å². The Hall–Kier alpha value is -2.06. The summed E-state index contributed by atoms with van der Waals surface area (Å²) in [7, 11) is 1.99. The first-order chi connectivity index (χ1) is 10.1. The Morgan fingerprint density at radius 2 is 1.76 bits per heavy atom. The highest BCUT2D eigenvalue weighted by Crippen LogP contribution is 2.12. The summed E-state index contributed by atoms with van der Waals surface area (Å²) in [5.41, 5.74) is 2.09. The first kappa shape index (κ1) is 15.3. The molecule has 0 saturated carbocycles. The lowest BCUT2D eigenvalue weighted by Crippen LogP contribution is -2.20. The van der Waals surface area contributed by atoms with Crippen LogP contribution in [0.2, 0.25) is 5.02 Å². The van der Waals surface area contributed by atoms with Crippen molar-refractivity contribution in [1.29, 1.82) is 0 Å². The number of halogens is 1. The van der Waals surface area contributed by atoms with E-state index in [-0.39, 0.29) is 5.78 Å². The van der Waals surface area contributed by atoms with Gasteiger partial charge < -0.3 is 4.90 Å². The van der Waals surface area contributed by atoms with Crippen molar-refractivity contribution in [1.82, 2.24) is 0 Å². The van der Waals surface area contributed by atoms with E-state index in [1.807, 2.05) is 67.7 Å². The molecule has 0 aliphatic heterocycles. The monoisotopic (exact) mass is 299 g/mol. The van der Waals surface area contributed by atoms with Crippen molar-refractivity contribution in [3.05, 3.63) is 71.3 Å². The fraction of sp³-hybridized carbons (Fsp3) is 0.167. The largest absolute Gasteiger partial charge is 0.374 e. The zero-order chi connectivity index (χ0) is 15.1. The molecule has 0 saturated heterocycles. The zero-order valence-corrected chi connectivity index (χ0v) is 12.8. The maximum Gasteiger partial charge on any atom is 0.157 e. The molecular weight excluding hydrogens is 282 g/mol. The second-order valence-corrected chi connectivity index (χ2v) is 5.29. The van der Waals surface area contributed by atoms with Gasteiger partial charge >= 0.3 is 0 Å². The molecule has 0 bridgehead atoms. The van der Waals surface area contributed by atoms with Crippen molar-refractivity contribution >= 4 is 29.1 Å². The van der Waals surface area contributed by atoms with E-state index in [1.165, 1.54) is 0 Å². The molecule has 0 spiro atoms. The highest BCUT2D eigenvalue weighted by molar-refractivity contribution is 6.30. The first-order valence-corrected chi connectivity index (χ1v) is 7.25. The molecule has 0 amide bonds. The Bertz CT molecular complexity index is 605. The average Bonchev–Trinajstić information content (AvgIpc) is 2.53. The van der Waals surface area contributed by atoms with Crippen molar-refractivity contribution in [2.45, 2.75) is 6.42 Å². The number of hydrogen-bond donors (Lipinski definition) is 0. The summed E-state index contributed by atoms with van der Waals surface area (Å²) in [6, 6.07) is 17.5. The number of rotatable bonds is 6. The predicted molar refractivity (Wildman–Crippen MR) is 89.8 cm³/mol. The molecule has 21 heavy (non-hydrogen) atoms. The average molecular weight is 300 g/mol. The third kappa shape index (κ3) is 5.09. The highest BCUT2D eigenvalue weighted by atomic mass is 35.5. The lowest BCUT2D eigenvalue weighted by Gasteiger charge is -2.18. The van der Waals surface area contributed by atoms with Crippen LogP contribution in [0.15, 0.2) is 60.7 Å². The van der Waals surface area contributed by atoms with E-state index >= 15 is 0 Å². The smallest absolute Gasteiger partial charge is 0.157 e. The summed E-state index contributed by atoms with van der Waals surface area (Å²) >= 11 is 5.82. The molecule has 3 heteroatoms. The van der Waals surface area contributed by atoms with Crippen molar-refractivity contribution < 1.29 is 4.79 Å². The van der Waals surface area contributed by atoms with Crippen LogP contribution in [0.25, 0.3) is 6.08 Å². The van der Waals surface area contributed by atoms with Crippen molar-refractivity contribution in [3.8, 4) is 0 Å². The van der Waals surface area contributed by atoms with Crippen LogP contribution in [0.5, 0.6) is 0 Å². The van der Waals surface area contributed by atoms with Gasteiger partial charge in [0.25, 0.3) is 0 Å². The summed E-state index contributed by atoms with van der Waals surface area (Å²) in [5.74, 6) is 0.118. The van der Waals surface area contributed by atoms with Gasteiger partial charge in [-0.05, 0) is 35.9 Å². The summed E-state index contributed by atoms with van der Waals surface area (Å²) in [4.78, 5) is 14.0. The van der Waals surface area contributed by atoms with Gasteiger partial charge in [-0.1, -0.05) is 48.0 Å². The molecule has 0 fully saturated rings. The van der Waals surface area contributed by atoms with E-state index in [0.717, 1.165) is 11.3 Å². The number of benzene rings is 2. The quantitative estimate of drug-likeness (QED) is 0.735. The maximum absolute atomic E-state index is 11.9. The summed E-state index contributed by atoms with van der Waals surface area (Å²) in [6.07, 6.45) is 3.94. The van der Waals surface area contributed by atoms with Gasteiger partial charge in [-0.15, -0.1) is 0 Å². The van der Waals surface area contributed by atoms with E-state index in [9.17, 15) is 4.79 Å². The van der Waals surface area contributed by atoms with Crippen LogP contribution in [-0.4, -0.2) is 19.4 Å². The van der Waals surface area contributed by atoms with E-state index in [1.54, 1.807) is 6.08 Å². The molecule has 0 radical (unpaired) electrons. The van der Waals surface area contributed by atoms with Gasteiger partial charge in [0.2, 0.25) is 0 Å². The van der Waals surface area contributed by atoms with Gasteiger partial charge in [0.15, 0.2) is 5.78 Å². The van der Waals surface area contributed by atoms with Crippen LogP contribution in [0, 0.1) is 0 Å². The van der Waals surface area contributed by atoms with Crippen LogP contribution < -0.4 is 4.90 Å². The minimum absolute atomic E-state index is 0.118. The van der Waals surface area contributed by atoms with Gasteiger partial charge in [0, 0.05) is 30.7 Å². The molecule has 0 unspecified atom stereocenters. The minimum atomic E-state index is 0.118. The lowest BCUT2D eigenvalue weighted by atomic mass is 10.1. The molecule has 0 atom stereocenters. The second-order valence-electron chi connectivity index (χ2n) is 4.86. The third-order valence-electron chi connectivity index (χ3n) is 3.22. The second kappa shape index (κ2) is 7.65. The van der Waals surface area contributed by atoms with E-state index in [0.29, 0.717) is 18.0 Å². The molecule has 0 N–H and O–H groups in total. The highest BCUT2D eigenvalue weighted by Gasteiger charge is 2.02. The Kier molecular flexibility index (Phi) is 5.59. The molecule has 0 heterocycles. The van der Waals surface area contributed by atoms with Gasteiger partial charge in [-0.25, -0.2) is 0 Å². The van der Waals surface area contributed by atoms with Crippen molar-refractivity contribution in [3.63, 3.8) is 0 Å². The number of allylic oxidation sites excluding steroid dienone is 1. The molecule has 2 aromatic rings. The van der Waals surface area contributed by atoms with Gasteiger partial charge in [-0.2, -0.15) is 0 Å². The van der Waals surface area contributed by atoms with Crippen molar-refractivity contribution in [2.24, 2.45) is 0 Å². The SMILES string of the molecule is CN(CCC(=O)/C=C/c1ccc(Cl)cc1)c1ccccc1. The predicted octanol–water partition coefficient (Wildman–Crippen LogP) is 4.45. The molecule has 0 aliphatic carbocycles. The Morgan fingerprint density at radius 1 is 1.10 bits per heavy atom. The fourth-order valence-electron chi connectivity index (χ4n) is 1.94. The van der Waals surface area contributed by atoms with Crippen molar-refractivity contribution in [2.75, 3.05) is 18.5 Å². The summed E-state index contributed by atoms with van der Waals surface area (Å²) < 4.78 is 0. The van der Waals surface area contributed by atoms with E-state index in [4.69, 9.17) is 11.6 Å². The Morgan fingerprint density at radius 3 is 2.43 bits per heavy atom. The van der Waals surface area contributed by atoms with Gasteiger partial charge in [0.05, 0.1) is 0 Å². The number of ketones is 1. The lowest BCUT2D eigenvalue weighted by molar-refractivity contribution is -0.114. The number of anilines is 1. The summed E-state index contributed by atoms with van der Waals surface area (Å²) in [6.45, 7) is 0.702. The molecule has 2 nitrogen and oxygen atoms in total. The molecule has 108 valence electrons. The standard InChI is InChI=1S/C18H18ClNO/c1-20(17-5-3-2-4-6-17)14-13-18(21)12-9-15-7-10-16(19)11-8-15/h2-12H,13-14H2,1H3/b12-9+. The number of hydrogen-bond acceptors (Lipinski definition) is 2. The molecule has 2 rings (SSSR count). The van der Waals surface area contributed by atoms with E-state index in [2.05, 4.69) is 4.90 Å². The third-order valence-corrected chi connectivity index (χ3v) is 3.47. The minimum Gasteiger partial charge on any atom is -0.374 e. The Balaban J connectivity index is 1.83. The van der Waals surface area contributed by atoms with Gasteiger partial charge in [0.1, 0.15) is 0 Å². The molecule has 2 aromatic carbocycles. The zero-order valence-electron chi connectivity index (χ0n) is 12.0. The molecular formula is C18H18ClNO. The van der Waals surface area contributed by atoms with Crippen LogP contribution in [-0.2, 0) is 4.79 Å². The number of carbonyl (C=O) groups excluding carboxylic acids is 1. The Labute approximate surface area is 130 Å². The first-order valence-electron chi connectivity index (χ1n) is 6.88. The number of carbonyl (C=O) groups is 1. The normalized spacial score (nSPS) is 10.8. The topological polar surface area (TPSA) is 20.3 Å². The van der Waals surface area contributed by atoms with Crippen LogP contribution in [0.4, 0.5) is 5.69 Å². The van der Waals surface area contributed by atoms with Crippen LogP contribution in [0.1, 0.15) is 12.0 Å². The summed E-state index contributed by atoms with van der Waals surface area (Å²) in [5, 5.41) is 0.697. The van der Waals surface area contributed by atoms with Gasteiger partial charge in [-0.3, -0.25) is 4.79 Å². The maximum atomic E-state index is 11.9. The fourth-order valence-corrected chi connectivity index (χ4v) is 2.06. The van der Waals surface area contributed by atoms with E-state index < -0.39 is 0 Å². The molecule has 0 aromatic heterocycles. The number of para-hydroxylation sites is 1.